The zero-order chi connectivity index (χ0) is 36.2. The lowest BCUT2D eigenvalue weighted by Gasteiger charge is -2.28. The number of aliphatic imine (C=N–C) groups is 1. The van der Waals surface area contributed by atoms with Gasteiger partial charge < -0.3 is 20.6 Å². The third kappa shape index (κ3) is 7.42. The molecule has 0 aromatic heterocycles. The quantitative estimate of drug-likeness (QED) is 0.234. The molecule has 3 N–H and O–H groups in total. The summed E-state index contributed by atoms with van der Waals surface area (Å²) in [5, 5.41) is 10.2. The highest BCUT2D eigenvalue weighted by Gasteiger charge is 2.41. The minimum absolute atomic E-state index is 0.159. The number of aliphatic carboxylic acids is 1. The summed E-state index contributed by atoms with van der Waals surface area (Å²) < 4.78 is 0. The van der Waals surface area contributed by atoms with Gasteiger partial charge in [-0.1, -0.05) is 102 Å². The molecule has 1 atom stereocenters. The van der Waals surface area contributed by atoms with E-state index in [1.165, 1.54) is 45.0 Å². The molecule has 5 rings (SSSR count). The molecule has 1 fully saturated rings. The maximum atomic E-state index is 12.4. The van der Waals surface area contributed by atoms with Gasteiger partial charge in [-0.15, -0.1) is 0 Å². The molecule has 0 amide bonds. The molecule has 0 spiro atoms. The number of anilines is 2. The maximum Gasteiger partial charge on any atom is 0.328 e. The average Bonchev–Trinajstić information content (AvgIpc) is 3.41. The second-order valence-corrected chi connectivity index (χ2v) is 15.6. The van der Waals surface area contributed by atoms with E-state index in [1.54, 1.807) is 0 Å². The molecule has 50 heavy (non-hydrogen) atoms. The predicted octanol–water partition coefficient (Wildman–Crippen LogP) is 9.85. The number of benzene rings is 2. The van der Waals surface area contributed by atoms with Gasteiger partial charge in [0.15, 0.2) is 0 Å². The van der Waals surface area contributed by atoms with Crippen LogP contribution in [-0.4, -0.2) is 42.5 Å². The van der Waals surface area contributed by atoms with Crippen molar-refractivity contribution in [2.45, 2.75) is 124 Å². The van der Waals surface area contributed by atoms with Crippen LogP contribution in [0.1, 0.15) is 115 Å². The Morgan fingerprint density at radius 2 is 1.28 bits per heavy atom. The Balaban J connectivity index is 1.62. The molecular weight excluding hydrogens is 617 g/mol. The van der Waals surface area contributed by atoms with Crippen LogP contribution in [0, 0.1) is 13.8 Å². The summed E-state index contributed by atoms with van der Waals surface area (Å²) in [7, 11) is 0. The first-order valence-electron chi connectivity index (χ1n) is 19.0. The zero-order valence-electron chi connectivity index (χ0n) is 31.9. The molecule has 2 aromatic carbocycles. The summed E-state index contributed by atoms with van der Waals surface area (Å²) in [6.07, 6.45) is 16.5. The van der Waals surface area contributed by atoms with Crippen molar-refractivity contribution in [1.29, 1.82) is 0 Å². The topological polar surface area (TPSA) is 82.2 Å². The van der Waals surface area contributed by atoms with Gasteiger partial charge in [0.2, 0.25) is 0 Å². The van der Waals surface area contributed by atoms with Gasteiger partial charge in [-0.3, -0.25) is 4.99 Å². The number of carbonyl (C=O) groups is 1. The van der Waals surface area contributed by atoms with E-state index >= 15 is 0 Å². The Labute approximate surface area is 301 Å². The SMILES string of the molecule is CCCCN1C(=CC=C2CCC/C(=C\C=C3/N(CCCC)c4ccc(C)cc4C3(C)C)C2=NC(CCN)C(=O)O)C(C)(C)c2cc(C)ccc21. The average molecular weight is 677 g/mol. The Bertz CT molecular complexity index is 1630. The van der Waals surface area contributed by atoms with E-state index in [2.05, 4.69) is 126 Å². The van der Waals surface area contributed by atoms with Crippen LogP contribution in [-0.2, 0) is 15.6 Å². The molecule has 6 heteroatoms. The first-order valence-corrected chi connectivity index (χ1v) is 19.0. The normalized spacial score (nSPS) is 22.6. The number of allylic oxidation sites excluding steroid dienone is 8. The van der Waals surface area contributed by atoms with E-state index in [0.29, 0.717) is 6.42 Å². The van der Waals surface area contributed by atoms with Gasteiger partial charge in [0.25, 0.3) is 0 Å². The fourth-order valence-corrected chi connectivity index (χ4v) is 8.01. The Hall–Kier alpha value is -3.90. The minimum atomic E-state index is -0.925. The summed E-state index contributed by atoms with van der Waals surface area (Å²) in [4.78, 5) is 22.4. The lowest BCUT2D eigenvalue weighted by atomic mass is 9.82. The number of nitrogens with two attached hydrogens (primary N) is 1. The van der Waals surface area contributed by atoms with Crippen LogP contribution in [0.3, 0.4) is 0 Å². The molecule has 268 valence electrons. The van der Waals surface area contributed by atoms with Gasteiger partial charge in [0, 0.05) is 46.7 Å². The molecule has 6 nitrogen and oxygen atoms in total. The second-order valence-electron chi connectivity index (χ2n) is 15.6. The van der Waals surface area contributed by atoms with Crippen molar-refractivity contribution in [1.82, 2.24) is 0 Å². The first-order chi connectivity index (χ1) is 23.8. The Kier molecular flexibility index (Phi) is 11.6. The molecule has 3 aliphatic rings. The van der Waals surface area contributed by atoms with Gasteiger partial charge in [0.1, 0.15) is 6.04 Å². The number of hydrogen-bond donors (Lipinski definition) is 2. The summed E-state index contributed by atoms with van der Waals surface area (Å²) in [6.45, 7) is 20.3. The van der Waals surface area contributed by atoms with Gasteiger partial charge >= 0.3 is 5.97 Å². The smallest absolute Gasteiger partial charge is 0.328 e. The molecule has 1 aliphatic carbocycles. The molecular formula is C44H60N4O2. The third-order valence-electron chi connectivity index (χ3n) is 11.0. The number of hydrogen-bond acceptors (Lipinski definition) is 5. The molecule has 0 saturated heterocycles. The molecule has 2 aliphatic heterocycles. The third-order valence-corrected chi connectivity index (χ3v) is 11.0. The lowest BCUT2D eigenvalue weighted by molar-refractivity contribution is -0.138. The minimum Gasteiger partial charge on any atom is -0.480 e. The van der Waals surface area contributed by atoms with Crippen molar-refractivity contribution in [3.8, 4) is 0 Å². The molecule has 1 unspecified atom stereocenters. The van der Waals surface area contributed by atoms with Crippen LogP contribution >= 0.6 is 0 Å². The van der Waals surface area contributed by atoms with Crippen LogP contribution in [0.5, 0.6) is 0 Å². The number of aryl methyl sites for hydroxylation is 2. The van der Waals surface area contributed by atoms with E-state index in [-0.39, 0.29) is 17.4 Å². The van der Waals surface area contributed by atoms with Crippen LogP contribution < -0.4 is 15.5 Å². The van der Waals surface area contributed by atoms with Gasteiger partial charge in [-0.05, 0) is 105 Å². The molecule has 1 saturated carbocycles. The van der Waals surface area contributed by atoms with Crippen LogP contribution in [0.4, 0.5) is 11.4 Å². The molecule has 2 aromatic rings. The number of unbranched alkanes of at least 4 members (excludes halogenated alkanes) is 2. The summed E-state index contributed by atoms with van der Waals surface area (Å²) in [5.74, 6) is -0.925. The number of nitrogens with zero attached hydrogens (tertiary/aromatic N) is 3. The maximum absolute atomic E-state index is 12.4. The number of fused-ring (bicyclic) bond motifs is 2. The highest BCUT2D eigenvalue weighted by Crippen LogP contribution is 2.49. The van der Waals surface area contributed by atoms with E-state index in [0.717, 1.165) is 74.9 Å². The Morgan fingerprint density at radius 3 is 1.68 bits per heavy atom. The van der Waals surface area contributed by atoms with Crippen molar-refractivity contribution < 1.29 is 9.90 Å². The zero-order valence-corrected chi connectivity index (χ0v) is 31.9. The fourth-order valence-electron chi connectivity index (χ4n) is 8.01. The van der Waals surface area contributed by atoms with Crippen molar-refractivity contribution >= 4 is 23.1 Å². The highest BCUT2D eigenvalue weighted by atomic mass is 16.4. The second kappa shape index (κ2) is 15.6. The lowest BCUT2D eigenvalue weighted by Crippen LogP contribution is -2.27. The van der Waals surface area contributed by atoms with Crippen molar-refractivity contribution in [2.24, 2.45) is 10.7 Å². The van der Waals surface area contributed by atoms with E-state index in [9.17, 15) is 9.90 Å². The molecule has 0 radical (unpaired) electrons. The van der Waals surface area contributed by atoms with E-state index < -0.39 is 12.0 Å². The van der Waals surface area contributed by atoms with Crippen molar-refractivity contribution in [3.63, 3.8) is 0 Å². The van der Waals surface area contributed by atoms with Crippen molar-refractivity contribution in [3.05, 3.63) is 105 Å². The van der Waals surface area contributed by atoms with Crippen LogP contribution in [0.2, 0.25) is 0 Å². The summed E-state index contributed by atoms with van der Waals surface area (Å²) >= 11 is 0. The van der Waals surface area contributed by atoms with E-state index in [4.69, 9.17) is 10.7 Å². The fraction of sp³-hybridized carbons (Fsp3) is 0.500. The number of carboxylic acid groups (broad SMARTS) is 1. The number of rotatable bonds is 12. The van der Waals surface area contributed by atoms with Crippen LogP contribution in [0.25, 0.3) is 0 Å². The predicted molar refractivity (Wildman–Crippen MR) is 212 cm³/mol. The standard InChI is InChI=1S/C44H60N4O2/c1-9-11-26-47-37-20-16-30(3)28-34(37)43(5,6)39(47)22-18-32-14-13-15-33(41(32)46-36(24-25-45)42(49)50)19-23-40-44(7,8)35-29-31(4)17-21-38(35)48(40)27-12-10-2/h16-23,28-29,36H,9-15,24-27,45H2,1-8H3,(H,49,50)/b32-18+,33-19?,39-22-,40-23?,46-41?. The first kappa shape index (κ1) is 37.4. The molecule has 2 heterocycles. The van der Waals surface area contributed by atoms with Gasteiger partial charge in [-0.25, -0.2) is 4.79 Å². The highest BCUT2D eigenvalue weighted by molar-refractivity contribution is 6.14. The molecule has 0 bridgehead atoms. The van der Waals surface area contributed by atoms with Crippen molar-refractivity contribution in [2.75, 3.05) is 29.4 Å². The monoisotopic (exact) mass is 676 g/mol. The van der Waals surface area contributed by atoms with E-state index in [1.807, 2.05) is 0 Å². The van der Waals surface area contributed by atoms with Gasteiger partial charge in [0.05, 0.1) is 5.71 Å². The van der Waals surface area contributed by atoms with Gasteiger partial charge in [-0.2, -0.15) is 0 Å². The summed E-state index contributed by atoms with van der Waals surface area (Å²) in [5.41, 5.74) is 19.0. The Morgan fingerprint density at radius 1 is 0.820 bits per heavy atom. The largest absolute Gasteiger partial charge is 0.480 e. The summed E-state index contributed by atoms with van der Waals surface area (Å²) in [6, 6.07) is 12.8. The number of carboxylic acids is 1. The van der Waals surface area contributed by atoms with Crippen LogP contribution in [0.15, 0.2) is 88.2 Å².